The highest BCUT2D eigenvalue weighted by molar-refractivity contribution is 6.43. The van der Waals surface area contributed by atoms with E-state index in [0.717, 1.165) is 18.5 Å². The molecule has 0 aliphatic rings. The normalized spacial score (nSPS) is 10.8. The minimum Gasteiger partial charge on any atom is -0.349 e. The van der Waals surface area contributed by atoms with Gasteiger partial charge in [-0.2, -0.15) is 5.10 Å². The highest BCUT2D eigenvalue weighted by Gasteiger charge is 2.24. The molecule has 0 unspecified atom stereocenters. The van der Waals surface area contributed by atoms with Crippen LogP contribution in [0.1, 0.15) is 44.9 Å². The largest absolute Gasteiger partial charge is 0.349 e. The summed E-state index contributed by atoms with van der Waals surface area (Å²) in [6.45, 7) is 8.20. The van der Waals surface area contributed by atoms with E-state index in [-0.39, 0.29) is 0 Å². The topological polar surface area (TPSA) is 64.0 Å². The summed E-state index contributed by atoms with van der Waals surface area (Å²) in [6, 6.07) is 16.0. The lowest BCUT2D eigenvalue weighted by molar-refractivity contribution is -0.117. The lowest BCUT2D eigenvalue weighted by Crippen LogP contribution is -2.32. The summed E-state index contributed by atoms with van der Waals surface area (Å²) >= 11 is 0. The molecule has 29 heavy (non-hydrogen) atoms. The molecule has 150 valence electrons. The number of aromatic nitrogens is 2. The van der Waals surface area contributed by atoms with Gasteiger partial charge in [0.15, 0.2) is 0 Å². The van der Waals surface area contributed by atoms with Crippen LogP contribution in [0.2, 0.25) is 0 Å². The van der Waals surface area contributed by atoms with Gasteiger partial charge in [-0.25, -0.2) is 4.68 Å². The van der Waals surface area contributed by atoms with Crippen molar-refractivity contribution in [3.63, 3.8) is 0 Å². The predicted molar refractivity (Wildman–Crippen MR) is 115 cm³/mol. The number of rotatable bonds is 7. The molecule has 1 amide bonds. The number of Topliss-reactive ketones (excluding diaryl/α,β-unsaturated/α-hetero) is 1. The summed E-state index contributed by atoms with van der Waals surface area (Å²) in [7, 11) is 0. The van der Waals surface area contributed by atoms with E-state index in [1.54, 1.807) is 11.6 Å². The Kier molecular flexibility index (Phi) is 6.27. The SMILES string of the molecule is Cc1ccc(CCCNC(=O)C(=O)c2c(C)nn(-c3ccccc3)c2C)c(C)c1. The average Bonchev–Trinajstić information content (AvgIpc) is 3.00. The van der Waals surface area contributed by atoms with Gasteiger partial charge in [0.1, 0.15) is 0 Å². The third kappa shape index (κ3) is 4.62. The van der Waals surface area contributed by atoms with Crippen LogP contribution in [0.4, 0.5) is 0 Å². The molecule has 5 heteroatoms. The van der Waals surface area contributed by atoms with Crippen molar-refractivity contribution in [2.75, 3.05) is 6.54 Å². The second kappa shape index (κ2) is 8.86. The van der Waals surface area contributed by atoms with E-state index in [1.165, 1.54) is 16.7 Å². The Morgan fingerprint density at radius 3 is 2.41 bits per heavy atom. The molecule has 0 radical (unpaired) electrons. The van der Waals surface area contributed by atoms with E-state index in [9.17, 15) is 9.59 Å². The Morgan fingerprint density at radius 2 is 1.72 bits per heavy atom. The molecule has 5 nitrogen and oxygen atoms in total. The molecule has 3 rings (SSSR count). The number of nitrogens with zero attached hydrogens (tertiary/aromatic N) is 2. The van der Waals surface area contributed by atoms with Crippen LogP contribution in [0.15, 0.2) is 48.5 Å². The number of para-hydroxylation sites is 1. The van der Waals surface area contributed by atoms with Gasteiger partial charge >= 0.3 is 0 Å². The van der Waals surface area contributed by atoms with E-state index in [2.05, 4.69) is 42.5 Å². The number of aryl methyl sites for hydroxylation is 4. The molecule has 3 aromatic rings. The molecule has 2 aromatic carbocycles. The highest BCUT2D eigenvalue weighted by Crippen LogP contribution is 2.18. The van der Waals surface area contributed by atoms with Gasteiger partial charge in [-0.1, -0.05) is 42.0 Å². The number of amides is 1. The van der Waals surface area contributed by atoms with E-state index < -0.39 is 11.7 Å². The van der Waals surface area contributed by atoms with Gasteiger partial charge < -0.3 is 5.32 Å². The third-order valence-corrected chi connectivity index (χ3v) is 5.13. The number of hydrogen-bond acceptors (Lipinski definition) is 3. The van der Waals surface area contributed by atoms with Gasteiger partial charge in [-0.05, 0) is 63.8 Å². The molecule has 0 bridgehead atoms. The van der Waals surface area contributed by atoms with E-state index in [4.69, 9.17) is 0 Å². The molecule has 0 spiro atoms. The molecular formula is C24H27N3O2. The van der Waals surface area contributed by atoms with Gasteiger partial charge in [0.05, 0.1) is 22.6 Å². The Bertz CT molecular complexity index is 1040. The molecule has 0 fully saturated rings. The van der Waals surface area contributed by atoms with E-state index in [0.29, 0.717) is 23.5 Å². The summed E-state index contributed by atoms with van der Waals surface area (Å²) in [4.78, 5) is 25.1. The maximum Gasteiger partial charge on any atom is 0.292 e. The second-order valence-corrected chi connectivity index (χ2v) is 7.41. The number of benzene rings is 2. The minimum atomic E-state index is -0.579. The maximum absolute atomic E-state index is 12.7. The zero-order valence-electron chi connectivity index (χ0n) is 17.5. The van der Waals surface area contributed by atoms with Crippen molar-refractivity contribution >= 4 is 11.7 Å². The summed E-state index contributed by atoms with van der Waals surface area (Å²) in [5, 5.41) is 7.21. The molecule has 0 aliphatic carbocycles. The first-order valence-electron chi connectivity index (χ1n) is 9.88. The molecule has 1 aromatic heterocycles. The zero-order valence-corrected chi connectivity index (χ0v) is 17.5. The fourth-order valence-corrected chi connectivity index (χ4v) is 3.59. The number of nitrogens with one attached hydrogen (secondary N) is 1. The third-order valence-electron chi connectivity index (χ3n) is 5.13. The zero-order chi connectivity index (χ0) is 21.0. The minimum absolute atomic E-state index is 0.376. The lowest BCUT2D eigenvalue weighted by Gasteiger charge is -2.08. The summed E-state index contributed by atoms with van der Waals surface area (Å²) in [5.74, 6) is -1.11. The van der Waals surface area contributed by atoms with Crippen molar-refractivity contribution in [3.05, 3.63) is 82.2 Å². The first kappa shape index (κ1) is 20.5. The quantitative estimate of drug-likeness (QED) is 0.377. The van der Waals surface area contributed by atoms with Gasteiger partial charge in [0.2, 0.25) is 0 Å². The Hall–Kier alpha value is -3.21. The standard InChI is InChI=1S/C24H27N3O2/c1-16-12-13-20(17(2)15-16)9-8-14-25-24(29)23(28)22-18(3)26-27(19(22)4)21-10-6-5-7-11-21/h5-7,10-13,15H,8-9,14H2,1-4H3,(H,25,29). The molecule has 1 N–H and O–H groups in total. The van der Waals surface area contributed by atoms with E-state index >= 15 is 0 Å². The van der Waals surface area contributed by atoms with Crippen LogP contribution in [0.5, 0.6) is 0 Å². The Morgan fingerprint density at radius 1 is 1.00 bits per heavy atom. The van der Waals surface area contributed by atoms with Crippen LogP contribution in [0.25, 0.3) is 5.69 Å². The fraction of sp³-hybridized carbons (Fsp3) is 0.292. The van der Waals surface area contributed by atoms with Crippen molar-refractivity contribution in [2.24, 2.45) is 0 Å². The maximum atomic E-state index is 12.7. The molecule has 1 heterocycles. The van der Waals surface area contributed by atoms with Gasteiger partial charge in [0.25, 0.3) is 11.7 Å². The summed E-state index contributed by atoms with van der Waals surface area (Å²) in [6.07, 6.45) is 1.65. The van der Waals surface area contributed by atoms with Crippen molar-refractivity contribution in [2.45, 2.75) is 40.5 Å². The molecule has 0 saturated carbocycles. The second-order valence-electron chi connectivity index (χ2n) is 7.41. The molecule has 0 saturated heterocycles. The molecule has 0 atom stereocenters. The number of hydrogen-bond donors (Lipinski definition) is 1. The highest BCUT2D eigenvalue weighted by atomic mass is 16.2. The summed E-state index contributed by atoms with van der Waals surface area (Å²) in [5.41, 5.74) is 6.23. The van der Waals surface area contributed by atoms with Crippen LogP contribution < -0.4 is 5.32 Å². The van der Waals surface area contributed by atoms with Crippen molar-refractivity contribution in [3.8, 4) is 5.69 Å². The van der Waals surface area contributed by atoms with Crippen LogP contribution in [0, 0.1) is 27.7 Å². The van der Waals surface area contributed by atoms with Crippen LogP contribution in [0.3, 0.4) is 0 Å². The first-order valence-corrected chi connectivity index (χ1v) is 9.88. The van der Waals surface area contributed by atoms with Crippen molar-refractivity contribution < 1.29 is 9.59 Å². The van der Waals surface area contributed by atoms with E-state index in [1.807, 2.05) is 37.3 Å². The Balaban J connectivity index is 1.62. The van der Waals surface area contributed by atoms with Gasteiger partial charge in [-0.15, -0.1) is 0 Å². The number of ketones is 1. The van der Waals surface area contributed by atoms with Crippen molar-refractivity contribution in [1.82, 2.24) is 15.1 Å². The smallest absolute Gasteiger partial charge is 0.292 e. The lowest BCUT2D eigenvalue weighted by atomic mass is 10.0. The Labute approximate surface area is 171 Å². The van der Waals surface area contributed by atoms with Crippen molar-refractivity contribution in [1.29, 1.82) is 0 Å². The van der Waals surface area contributed by atoms with Crippen LogP contribution >= 0.6 is 0 Å². The summed E-state index contributed by atoms with van der Waals surface area (Å²) < 4.78 is 1.70. The van der Waals surface area contributed by atoms with Gasteiger partial charge in [0, 0.05) is 6.54 Å². The molecular weight excluding hydrogens is 362 g/mol. The first-order chi connectivity index (χ1) is 13.9. The molecule has 0 aliphatic heterocycles. The predicted octanol–water partition coefficient (Wildman–Crippen LogP) is 4.04. The number of carbonyl (C=O) groups excluding carboxylic acids is 2. The fourth-order valence-electron chi connectivity index (χ4n) is 3.59. The monoisotopic (exact) mass is 389 g/mol. The average molecular weight is 389 g/mol. The number of carbonyl (C=O) groups is 2. The van der Waals surface area contributed by atoms with Gasteiger partial charge in [-0.3, -0.25) is 9.59 Å². The van der Waals surface area contributed by atoms with Crippen LogP contribution in [-0.2, 0) is 11.2 Å². The van der Waals surface area contributed by atoms with Crippen LogP contribution in [-0.4, -0.2) is 28.0 Å².